The lowest BCUT2D eigenvalue weighted by Crippen LogP contribution is -2.09. The number of rotatable bonds is 6. The van der Waals surface area contributed by atoms with E-state index in [-0.39, 0.29) is 23.1 Å². The van der Waals surface area contributed by atoms with Crippen LogP contribution in [0.25, 0.3) is 11.1 Å². The number of pyridine rings is 1. The molecule has 1 fully saturated rings. The quantitative estimate of drug-likeness (QED) is 0.425. The Morgan fingerprint density at radius 2 is 1.94 bits per heavy atom. The minimum absolute atomic E-state index is 0.0846. The number of halogens is 1. The highest BCUT2D eigenvalue weighted by molar-refractivity contribution is 6.06. The fourth-order valence-corrected chi connectivity index (χ4v) is 4.12. The van der Waals surface area contributed by atoms with E-state index in [1.54, 1.807) is 18.3 Å². The molecule has 0 bridgehead atoms. The molecule has 0 saturated heterocycles. The second-order valence-electron chi connectivity index (χ2n) is 9.28. The van der Waals surface area contributed by atoms with Gasteiger partial charge in [-0.25, -0.2) is 4.39 Å². The molecule has 1 atom stereocenters. The SMILES string of the molecule is Cc1ccc(-c2cc(C(=O)CC3(C)CC3)cc(C3=NOC(c4ccccn4)C3)c2)c(F)c1. The van der Waals surface area contributed by atoms with Crippen LogP contribution in [0.4, 0.5) is 4.39 Å². The first-order valence-corrected chi connectivity index (χ1v) is 11.0. The Morgan fingerprint density at radius 1 is 1.12 bits per heavy atom. The van der Waals surface area contributed by atoms with Gasteiger partial charge in [0.2, 0.25) is 0 Å². The third-order valence-corrected chi connectivity index (χ3v) is 6.40. The van der Waals surface area contributed by atoms with E-state index in [1.807, 2.05) is 43.3 Å². The van der Waals surface area contributed by atoms with Crippen LogP contribution >= 0.6 is 0 Å². The topological polar surface area (TPSA) is 51.5 Å². The summed E-state index contributed by atoms with van der Waals surface area (Å²) in [5.74, 6) is -0.216. The standard InChI is InChI=1S/C27H25FN2O2/c1-17-6-7-21(22(28)11-17)18-12-19(14-20(13-18)25(31)16-27(2)8-9-27)24-15-26(32-30-24)23-5-3-4-10-29-23/h3-7,10-14,26H,8-9,15-16H2,1-2H3. The van der Waals surface area contributed by atoms with Gasteiger partial charge in [0.1, 0.15) is 5.82 Å². The monoisotopic (exact) mass is 428 g/mol. The van der Waals surface area contributed by atoms with Crippen LogP contribution in [0.3, 0.4) is 0 Å². The Hall–Kier alpha value is -3.34. The van der Waals surface area contributed by atoms with Crippen molar-refractivity contribution in [3.63, 3.8) is 0 Å². The number of ketones is 1. The minimum Gasteiger partial charge on any atom is -0.385 e. The van der Waals surface area contributed by atoms with Gasteiger partial charge in [0.25, 0.3) is 0 Å². The number of oxime groups is 1. The summed E-state index contributed by atoms with van der Waals surface area (Å²) in [5, 5.41) is 4.29. The molecule has 0 radical (unpaired) electrons. The molecule has 2 aliphatic rings. The van der Waals surface area contributed by atoms with Crippen LogP contribution in [0.15, 0.2) is 65.9 Å². The number of carbonyl (C=O) groups excluding carboxylic acids is 1. The smallest absolute Gasteiger partial charge is 0.174 e. The number of aromatic nitrogens is 1. The third-order valence-electron chi connectivity index (χ3n) is 6.40. The van der Waals surface area contributed by atoms with Crippen molar-refractivity contribution in [3.05, 3.63) is 89.0 Å². The molecule has 32 heavy (non-hydrogen) atoms. The van der Waals surface area contributed by atoms with Gasteiger partial charge in [-0.15, -0.1) is 0 Å². The lowest BCUT2D eigenvalue weighted by atomic mass is 9.91. The zero-order chi connectivity index (χ0) is 22.3. The number of aryl methyl sites for hydroxylation is 1. The summed E-state index contributed by atoms with van der Waals surface area (Å²) in [7, 11) is 0. The van der Waals surface area contributed by atoms with Gasteiger partial charge >= 0.3 is 0 Å². The minimum atomic E-state index is -0.300. The van der Waals surface area contributed by atoms with E-state index in [2.05, 4.69) is 17.1 Å². The van der Waals surface area contributed by atoms with E-state index in [1.165, 1.54) is 6.07 Å². The maximum Gasteiger partial charge on any atom is 0.174 e. The number of hydrogen-bond donors (Lipinski definition) is 0. The van der Waals surface area contributed by atoms with Crippen molar-refractivity contribution >= 4 is 11.5 Å². The maximum absolute atomic E-state index is 14.8. The van der Waals surface area contributed by atoms with Gasteiger partial charge in [0.05, 0.1) is 11.4 Å². The largest absolute Gasteiger partial charge is 0.385 e. The van der Waals surface area contributed by atoms with Gasteiger partial charge in [-0.05, 0) is 72.7 Å². The van der Waals surface area contributed by atoms with Gasteiger partial charge in [0.15, 0.2) is 11.9 Å². The lowest BCUT2D eigenvalue weighted by Gasteiger charge is -2.12. The Morgan fingerprint density at radius 3 is 2.66 bits per heavy atom. The lowest BCUT2D eigenvalue weighted by molar-refractivity contribution is 0.0826. The van der Waals surface area contributed by atoms with Crippen LogP contribution in [0.2, 0.25) is 0 Å². The van der Waals surface area contributed by atoms with Crippen LogP contribution in [0.1, 0.15) is 65.9 Å². The second kappa shape index (κ2) is 7.97. The van der Waals surface area contributed by atoms with E-state index >= 15 is 0 Å². The van der Waals surface area contributed by atoms with Gasteiger partial charge in [-0.3, -0.25) is 9.78 Å². The molecule has 1 unspecified atom stereocenters. The van der Waals surface area contributed by atoms with Crippen molar-refractivity contribution in [2.75, 3.05) is 0 Å². The molecule has 5 heteroatoms. The molecule has 1 aliphatic carbocycles. The summed E-state index contributed by atoms with van der Waals surface area (Å²) in [4.78, 5) is 23.1. The molecule has 2 heterocycles. The number of Topliss-reactive ketones (excluding diaryl/α,β-unsaturated/α-hetero) is 1. The highest BCUT2D eigenvalue weighted by Crippen LogP contribution is 2.48. The predicted molar refractivity (Wildman–Crippen MR) is 122 cm³/mol. The van der Waals surface area contributed by atoms with Crippen molar-refractivity contribution in [3.8, 4) is 11.1 Å². The molecule has 1 aliphatic heterocycles. The molecule has 162 valence electrons. The van der Waals surface area contributed by atoms with Gasteiger partial charge < -0.3 is 4.84 Å². The third kappa shape index (κ3) is 4.20. The highest BCUT2D eigenvalue weighted by Gasteiger charge is 2.39. The first-order valence-electron chi connectivity index (χ1n) is 11.0. The first kappa shape index (κ1) is 20.6. The van der Waals surface area contributed by atoms with Gasteiger partial charge in [0, 0.05) is 35.7 Å². The van der Waals surface area contributed by atoms with Gasteiger partial charge in [-0.2, -0.15) is 0 Å². The Kier molecular flexibility index (Phi) is 5.12. The zero-order valence-electron chi connectivity index (χ0n) is 18.3. The van der Waals surface area contributed by atoms with E-state index in [9.17, 15) is 9.18 Å². The molecule has 0 spiro atoms. The summed E-state index contributed by atoms with van der Waals surface area (Å²) in [6.45, 7) is 4.00. The van der Waals surface area contributed by atoms with Crippen LogP contribution in [0, 0.1) is 18.2 Å². The molecular weight excluding hydrogens is 403 g/mol. The van der Waals surface area contributed by atoms with Crippen LogP contribution in [-0.4, -0.2) is 16.5 Å². The molecule has 5 rings (SSSR count). The highest BCUT2D eigenvalue weighted by atomic mass is 19.1. The molecule has 4 nitrogen and oxygen atoms in total. The fraction of sp³-hybridized carbons (Fsp3) is 0.296. The fourth-order valence-electron chi connectivity index (χ4n) is 4.12. The van der Waals surface area contributed by atoms with E-state index in [0.29, 0.717) is 29.5 Å². The summed E-state index contributed by atoms with van der Waals surface area (Å²) in [6.07, 6.45) is 4.66. The number of nitrogens with zero attached hydrogens (tertiary/aromatic N) is 2. The number of carbonyl (C=O) groups is 1. The second-order valence-corrected chi connectivity index (χ2v) is 9.28. The normalized spacial score (nSPS) is 18.7. The molecular formula is C27H25FN2O2. The summed E-state index contributed by atoms with van der Waals surface area (Å²) < 4.78 is 14.8. The van der Waals surface area contributed by atoms with Crippen molar-refractivity contribution in [1.29, 1.82) is 0 Å². The number of hydrogen-bond acceptors (Lipinski definition) is 4. The molecule has 1 saturated carbocycles. The Balaban J connectivity index is 1.51. The molecule has 0 N–H and O–H groups in total. The summed E-state index contributed by atoms with van der Waals surface area (Å²) in [5.41, 5.74) is 5.03. The van der Waals surface area contributed by atoms with E-state index in [0.717, 1.165) is 35.4 Å². The Bertz CT molecular complexity index is 1220. The molecule has 2 aromatic carbocycles. The summed E-state index contributed by atoms with van der Waals surface area (Å²) >= 11 is 0. The van der Waals surface area contributed by atoms with E-state index < -0.39 is 0 Å². The van der Waals surface area contributed by atoms with Crippen molar-refractivity contribution < 1.29 is 14.0 Å². The zero-order valence-corrected chi connectivity index (χ0v) is 18.3. The Labute approximate surface area is 187 Å². The average molecular weight is 429 g/mol. The average Bonchev–Trinajstić information content (AvgIpc) is 3.31. The maximum atomic E-state index is 14.8. The van der Waals surface area contributed by atoms with Crippen LogP contribution in [0.5, 0.6) is 0 Å². The molecule has 3 aromatic rings. The van der Waals surface area contributed by atoms with Crippen molar-refractivity contribution in [2.45, 2.75) is 45.6 Å². The van der Waals surface area contributed by atoms with Crippen LogP contribution in [-0.2, 0) is 4.84 Å². The van der Waals surface area contributed by atoms with Crippen molar-refractivity contribution in [2.24, 2.45) is 10.6 Å². The van der Waals surface area contributed by atoms with Gasteiger partial charge in [-0.1, -0.05) is 30.3 Å². The first-order chi connectivity index (χ1) is 15.4. The van der Waals surface area contributed by atoms with Crippen molar-refractivity contribution in [1.82, 2.24) is 4.98 Å². The molecule has 0 amide bonds. The predicted octanol–water partition coefficient (Wildman–Crippen LogP) is 6.43. The van der Waals surface area contributed by atoms with E-state index in [4.69, 9.17) is 4.84 Å². The summed E-state index contributed by atoms with van der Waals surface area (Å²) in [6, 6.07) is 16.4. The van der Waals surface area contributed by atoms with Crippen LogP contribution < -0.4 is 0 Å². The number of benzene rings is 2. The molecule has 1 aromatic heterocycles.